The molecule has 0 amide bonds. The molecule has 5 rings (SSSR count). The number of Topliss-reactive ketones (excluding diaryl/α,β-unsaturated/α-hetero) is 1. The first kappa shape index (κ1) is 13.8. The smallest absolute Gasteiger partial charge is 0.151 e. The third-order valence-electron chi connectivity index (χ3n) is 6.77. The van der Waals surface area contributed by atoms with Crippen LogP contribution in [0.3, 0.4) is 0 Å². The molecule has 5 fully saturated rings. The molecule has 0 heterocycles. The Kier molecular flexibility index (Phi) is 3.34. The van der Waals surface area contributed by atoms with Crippen LogP contribution < -0.4 is 5.32 Å². The normalized spacial score (nSPS) is 47.5. The van der Waals surface area contributed by atoms with Gasteiger partial charge in [-0.3, -0.25) is 4.79 Å². The fraction of sp³-hybridized carbons (Fsp3) is 0.889. The first-order valence-electron chi connectivity index (χ1n) is 8.85. The predicted octanol–water partition coefficient (Wildman–Crippen LogP) is 3.05. The number of carbonyl (C=O) groups excluding carboxylic acids is 1. The summed E-state index contributed by atoms with van der Waals surface area (Å²) < 4.78 is 0. The molecule has 4 bridgehead atoms. The minimum Gasteiger partial charge on any atom is -0.304 e. The van der Waals surface area contributed by atoms with Crippen LogP contribution in [0, 0.1) is 40.9 Å². The largest absolute Gasteiger partial charge is 0.304 e. The van der Waals surface area contributed by atoms with E-state index in [9.17, 15) is 4.79 Å². The Hall–Kier alpha value is -0.880. The first-order valence-corrected chi connectivity index (χ1v) is 8.85. The SMILES string of the molecule is N#C[C@@H]1CCCC1C(=O)CNC12CC3CC(CC(C3)C1)C2. The van der Waals surface area contributed by atoms with E-state index in [0.29, 0.717) is 12.3 Å². The Morgan fingerprint density at radius 3 is 2.29 bits per heavy atom. The second-order valence-electron chi connectivity index (χ2n) is 8.29. The summed E-state index contributed by atoms with van der Waals surface area (Å²) in [4.78, 5) is 12.5. The summed E-state index contributed by atoms with van der Waals surface area (Å²) in [5, 5.41) is 12.9. The molecule has 0 aromatic heterocycles. The maximum Gasteiger partial charge on any atom is 0.151 e. The van der Waals surface area contributed by atoms with Gasteiger partial charge in [-0.1, -0.05) is 6.42 Å². The van der Waals surface area contributed by atoms with Gasteiger partial charge in [0.1, 0.15) is 0 Å². The van der Waals surface area contributed by atoms with E-state index in [0.717, 1.165) is 37.0 Å². The number of nitrogens with zero attached hydrogens (tertiary/aromatic N) is 1. The lowest BCUT2D eigenvalue weighted by molar-refractivity contribution is -0.123. The van der Waals surface area contributed by atoms with Crippen molar-refractivity contribution >= 4 is 5.78 Å². The zero-order chi connectivity index (χ0) is 14.4. The van der Waals surface area contributed by atoms with Crippen LogP contribution in [0.2, 0.25) is 0 Å². The van der Waals surface area contributed by atoms with Gasteiger partial charge < -0.3 is 5.32 Å². The molecule has 5 saturated carbocycles. The van der Waals surface area contributed by atoms with Crippen LogP contribution >= 0.6 is 0 Å². The fourth-order valence-electron chi connectivity index (χ4n) is 6.23. The molecule has 0 aromatic rings. The van der Waals surface area contributed by atoms with Crippen LogP contribution in [0.5, 0.6) is 0 Å². The Morgan fingerprint density at radius 2 is 1.71 bits per heavy atom. The molecule has 0 radical (unpaired) electrons. The van der Waals surface area contributed by atoms with E-state index < -0.39 is 0 Å². The van der Waals surface area contributed by atoms with E-state index in [1.54, 1.807) is 0 Å². The molecule has 3 heteroatoms. The van der Waals surface area contributed by atoms with Crippen LogP contribution in [0.15, 0.2) is 0 Å². The van der Waals surface area contributed by atoms with Crippen molar-refractivity contribution in [3.63, 3.8) is 0 Å². The second kappa shape index (κ2) is 5.09. The van der Waals surface area contributed by atoms with Crippen LogP contribution in [-0.2, 0) is 4.79 Å². The van der Waals surface area contributed by atoms with Gasteiger partial charge >= 0.3 is 0 Å². The number of carbonyl (C=O) groups is 1. The van der Waals surface area contributed by atoms with Crippen molar-refractivity contribution < 1.29 is 4.79 Å². The molecule has 1 N–H and O–H groups in total. The van der Waals surface area contributed by atoms with E-state index >= 15 is 0 Å². The number of hydrogen-bond acceptors (Lipinski definition) is 3. The standard InChI is InChI=1S/C18H26N2O/c19-10-15-2-1-3-16(15)17(21)11-20-18-7-12-4-13(8-18)6-14(5-12)9-18/h12-16,20H,1-9,11H2/t12?,13?,14?,15-,16?,18?/m0/s1. The number of rotatable bonds is 4. The highest BCUT2D eigenvalue weighted by Gasteiger charge is 2.50. The molecule has 2 atom stereocenters. The summed E-state index contributed by atoms with van der Waals surface area (Å²) >= 11 is 0. The molecule has 0 spiro atoms. The zero-order valence-corrected chi connectivity index (χ0v) is 12.8. The van der Waals surface area contributed by atoms with Gasteiger partial charge in [0.25, 0.3) is 0 Å². The van der Waals surface area contributed by atoms with E-state index in [-0.39, 0.29) is 17.4 Å². The van der Waals surface area contributed by atoms with Crippen molar-refractivity contribution in [2.24, 2.45) is 29.6 Å². The molecule has 21 heavy (non-hydrogen) atoms. The summed E-state index contributed by atoms with van der Waals surface area (Å²) in [5.41, 5.74) is 0.269. The second-order valence-corrected chi connectivity index (χ2v) is 8.29. The van der Waals surface area contributed by atoms with Gasteiger partial charge in [0.15, 0.2) is 5.78 Å². The van der Waals surface area contributed by atoms with Gasteiger partial charge in [-0.05, 0) is 69.1 Å². The maximum absolute atomic E-state index is 12.5. The van der Waals surface area contributed by atoms with Gasteiger partial charge in [-0.15, -0.1) is 0 Å². The molecule has 5 aliphatic rings. The minimum atomic E-state index is -0.0179. The third-order valence-corrected chi connectivity index (χ3v) is 6.77. The highest BCUT2D eigenvalue weighted by Crippen LogP contribution is 2.55. The number of ketones is 1. The molecule has 0 aromatic carbocycles. The van der Waals surface area contributed by atoms with Crippen LogP contribution in [-0.4, -0.2) is 17.9 Å². The summed E-state index contributed by atoms with van der Waals surface area (Å²) in [6.45, 7) is 0.509. The lowest BCUT2D eigenvalue weighted by atomic mass is 9.53. The fourth-order valence-corrected chi connectivity index (χ4v) is 6.23. The van der Waals surface area contributed by atoms with Gasteiger partial charge in [0, 0.05) is 11.5 Å². The first-order chi connectivity index (χ1) is 10.2. The predicted molar refractivity (Wildman–Crippen MR) is 80.4 cm³/mol. The summed E-state index contributed by atoms with van der Waals surface area (Å²) in [6, 6.07) is 2.34. The Bertz CT molecular complexity index is 443. The van der Waals surface area contributed by atoms with E-state index in [1.165, 1.54) is 38.5 Å². The molecule has 1 unspecified atom stereocenters. The van der Waals surface area contributed by atoms with Crippen molar-refractivity contribution in [1.29, 1.82) is 5.26 Å². The van der Waals surface area contributed by atoms with Crippen LogP contribution in [0.25, 0.3) is 0 Å². The average Bonchev–Trinajstić information content (AvgIpc) is 2.92. The molecular formula is C18H26N2O. The highest BCUT2D eigenvalue weighted by atomic mass is 16.1. The van der Waals surface area contributed by atoms with E-state index in [2.05, 4.69) is 11.4 Å². The van der Waals surface area contributed by atoms with Gasteiger partial charge in [0.2, 0.25) is 0 Å². The molecule has 3 nitrogen and oxygen atoms in total. The Labute approximate surface area is 127 Å². The van der Waals surface area contributed by atoms with Crippen molar-refractivity contribution in [1.82, 2.24) is 5.32 Å². The van der Waals surface area contributed by atoms with Crippen LogP contribution in [0.4, 0.5) is 0 Å². The number of nitriles is 1. The van der Waals surface area contributed by atoms with Crippen molar-refractivity contribution in [2.45, 2.75) is 63.3 Å². The molecule has 114 valence electrons. The highest BCUT2D eigenvalue weighted by molar-refractivity contribution is 5.84. The zero-order valence-electron chi connectivity index (χ0n) is 12.8. The molecule has 5 aliphatic carbocycles. The summed E-state index contributed by atoms with van der Waals surface area (Å²) in [6.07, 6.45) is 11.1. The van der Waals surface area contributed by atoms with Crippen molar-refractivity contribution in [2.75, 3.05) is 6.54 Å². The van der Waals surface area contributed by atoms with Crippen molar-refractivity contribution in [3.8, 4) is 6.07 Å². The van der Waals surface area contributed by atoms with Crippen LogP contribution in [0.1, 0.15) is 57.8 Å². The maximum atomic E-state index is 12.5. The van der Waals surface area contributed by atoms with Gasteiger partial charge in [-0.2, -0.15) is 5.26 Å². The Morgan fingerprint density at radius 1 is 1.10 bits per heavy atom. The minimum absolute atomic E-state index is 0.0106. The molecular weight excluding hydrogens is 260 g/mol. The van der Waals surface area contributed by atoms with Gasteiger partial charge in [-0.25, -0.2) is 0 Å². The molecule has 0 saturated heterocycles. The number of hydrogen-bond donors (Lipinski definition) is 1. The summed E-state index contributed by atoms with van der Waals surface area (Å²) in [5.74, 6) is 3.04. The molecule has 0 aliphatic heterocycles. The Balaban J connectivity index is 1.38. The van der Waals surface area contributed by atoms with E-state index in [4.69, 9.17) is 5.26 Å². The topological polar surface area (TPSA) is 52.9 Å². The van der Waals surface area contributed by atoms with Gasteiger partial charge in [0.05, 0.1) is 18.5 Å². The summed E-state index contributed by atoms with van der Waals surface area (Å²) in [7, 11) is 0. The van der Waals surface area contributed by atoms with E-state index in [1.807, 2.05) is 0 Å². The monoisotopic (exact) mass is 286 g/mol. The lowest BCUT2D eigenvalue weighted by Crippen LogP contribution is -2.59. The average molecular weight is 286 g/mol. The quantitative estimate of drug-likeness (QED) is 0.864. The third kappa shape index (κ3) is 2.42. The van der Waals surface area contributed by atoms with Crippen molar-refractivity contribution in [3.05, 3.63) is 0 Å². The number of nitrogens with one attached hydrogen (secondary N) is 1. The lowest BCUT2D eigenvalue weighted by Gasteiger charge is -2.57.